The lowest BCUT2D eigenvalue weighted by molar-refractivity contribution is -0.136. The molecule has 2 N–H and O–H groups in total. The first-order valence-electron chi connectivity index (χ1n) is 6.19. The number of alkyl halides is 3. The molecule has 0 unspecified atom stereocenters. The minimum atomic E-state index is -4.68. The number of para-hydroxylation sites is 1. The van der Waals surface area contributed by atoms with Crippen molar-refractivity contribution < 1.29 is 23.1 Å². The molecule has 0 bridgehead atoms. The maximum Gasteiger partial charge on any atom is 0.417 e. The number of aromatic carboxylic acids is 1. The highest BCUT2D eigenvalue weighted by Crippen LogP contribution is 2.33. The molecule has 1 heterocycles. The van der Waals surface area contributed by atoms with Gasteiger partial charge in [0, 0.05) is 5.39 Å². The number of aromatic nitrogens is 1. The number of nitrogens with one attached hydrogen (secondary N) is 1. The Bertz CT molecular complexity index is 973. The molecule has 3 rings (SSSR count). The second-order valence-electron chi connectivity index (χ2n) is 4.71. The Labute approximate surface area is 120 Å². The number of fused-ring (bicyclic) bond motifs is 2. The number of hydrogen-bond donors (Lipinski definition) is 2. The van der Waals surface area contributed by atoms with Crippen LogP contribution in [0, 0.1) is 0 Å². The second kappa shape index (κ2) is 4.59. The monoisotopic (exact) mass is 307 g/mol. The van der Waals surface area contributed by atoms with E-state index in [2.05, 4.69) is 4.98 Å². The van der Waals surface area contributed by atoms with E-state index in [-0.39, 0.29) is 22.0 Å². The van der Waals surface area contributed by atoms with Crippen LogP contribution in [0.4, 0.5) is 13.2 Å². The van der Waals surface area contributed by atoms with Crippen molar-refractivity contribution >= 4 is 27.8 Å². The van der Waals surface area contributed by atoms with Gasteiger partial charge in [0.05, 0.1) is 27.5 Å². The molecule has 7 heteroatoms. The van der Waals surface area contributed by atoms with E-state index in [9.17, 15) is 22.8 Å². The van der Waals surface area contributed by atoms with Gasteiger partial charge in [-0.2, -0.15) is 13.2 Å². The summed E-state index contributed by atoms with van der Waals surface area (Å²) in [5, 5.41) is 8.54. The van der Waals surface area contributed by atoms with Crippen LogP contribution in [0.5, 0.6) is 0 Å². The molecule has 3 aromatic rings. The van der Waals surface area contributed by atoms with E-state index in [0.29, 0.717) is 0 Å². The summed E-state index contributed by atoms with van der Waals surface area (Å²) in [5.41, 5.74) is -2.12. The first kappa shape index (κ1) is 14.1. The topological polar surface area (TPSA) is 70.2 Å². The standard InChI is InChI=1S/C15H8F3NO3/c16-15(17,18)9-5-2-6-10-11(9)13(20)7-3-1-4-8(14(21)22)12(7)19-10/h1-6H,(H,19,20)(H,21,22). The van der Waals surface area contributed by atoms with Crippen molar-refractivity contribution in [1.82, 2.24) is 4.98 Å². The lowest BCUT2D eigenvalue weighted by atomic mass is 10.0. The molecular weight excluding hydrogens is 299 g/mol. The summed E-state index contributed by atoms with van der Waals surface area (Å²) in [6.07, 6.45) is -4.68. The third-order valence-electron chi connectivity index (χ3n) is 3.40. The van der Waals surface area contributed by atoms with Gasteiger partial charge in [-0.25, -0.2) is 4.79 Å². The molecular formula is C15H8F3NO3. The molecule has 0 radical (unpaired) electrons. The van der Waals surface area contributed by atoms with Crippen molar-refractivity contribution in [3.05, 3.63) is 57.7 Å². The summed E-state index contributed by atoms with van der Waals surface area (Å²) in [6, 6.07) is 7.20. The third kappa shape index (κ3) is 2.02. The van der Waals surface area contributed by atoms with Crippen molar-refractivity contribution in [1.29, 1.82) is 0 Å². The van der Waals surface area contributed by atoms with Crippen LogP contribution in [-0.4, -0.2) is 16.1 Å². The first-order chi connectivity index (χ1) is 10.3. The van der Waals surface area contributed by atoms with Crippen LogP contribution in [0.1, 0.15) is 15.9 Å². The van der Waals surface area contributed by atoms with E-state index >= 15 is 0 Å². The smallest absolute Gasteiger partial charge is 0.417 e. The summed E-state index contributed by atoms with van der Waals surface area (Å²) in [5.74, 6) is -1.27. The first-order valence-corrected chi connectivity index (χ1v) is 6.19. The van der Waals surface area contributed by atoms with Gasteiger partial charge < -0.3 is 10.1 Å². The summed E-state index contributed by atoms with van der Waals surface area (Å²) >= 11 is 0. The predicted molar refractivity (Wildman–Crippen MR) is 74.0 cm³/mol. The quantitative estimate of drug-likeness (QED) is 0.677. The van der Waals surface area contributed by atoms with Gasteiger partial charge >= 0.3 is 12.1 Å². The summed E-state index contributed by atoms with van der Waals surface area (Å²) in [6.45, 7) is 0. The fraction of sp³-hybridized carbons (Fsp3) is 0.0667. The number of pyridine rings is 1. The molecule has 0 saturated heterocycles. The number of rotatable bonds is 1. The van der Waals surface area contributed by atoms with Gasteiger partial charge in [-0.15, -0.1) is 0 Å². The van der Waals surface area contributed by atoms with Gasteiger partial charge in [-0.3, -0.25) is 4.79 Å². The number of benzene rings is 2. The predicted octanol–water partition coefficient (Wildman–Crippen LogP) is 3.40. The fourth-order valence-corrected chi connectivity index (χ4v) is 2.46. The number of aromatic amines is 1. The molecule has 0 aliphatic rings. The molecule has 1 aromatic heterocycles. The van der Waals surface area contributed by atoms with Crippen LogP contribution in [0.2, 0.25) is 0 Å². The van der Waals surface area contributed by atoms with Gasteiger partial charge in [0.25, 0.3) is 0 Å². The summed E-state index contributed by atoms with van der Waals surface area (Å²) in [7, 11) is 0. The molecule has 112 valence electrons. The van der Waals surface area contributed by atoms with Crippen molar-refractivity contribution in [2.24, 2.45) is 0 Å². The zero-order valence-corrected chi connectivity index (χ0v) is 10.9. The molecule has 4 nitrogen and oxygen atoms in total. The van der Waals surface area contributed by atoms with Gasteiger partial charge in [0.1, 0.15) is 0 Å². The zero-order valence-electron chi connectivity index (χ0n) is 10.9. The van der Waals surface area contributed by atoms with Gasteiger partial charge in [-0.05, 0) is 24.3 Å². The van der Waals surface area contributed by atoms with Crippen LogP contribution in [0.25, 0.3) is 21.8 Å². The number of carboxylic acid groups (broad SMARTS) is 1. The van der Waals surface area contributed by atoms with E-state index in [0.717, 1.165) is 12.1 Å². The number of halogens is 3. The Hall–Kier alpha value is -2.83. The highest BCUT2D eigenvalue weighted by molar-refractivity contribution is 6.05. The molecule has 22 heavy (non-hydrogen) atoms. The molecule has 2 aromatic carbocycles. The van der Waals surface area contributed by atoms with Gasteiger partial charge in [-0.1, -0.05) is 12.1 Å². The number of H-pyrrole nitrogens is 1. The van der Waals surface area contributed by atoms with E-state index in [4.69, 9.17) is 5.11 Å². The Morgan fingerprint density at radius 3 is 2.41 bits per heavy atom. The average molecular weight is 307 g/mol. The maximum atomic E-state index is 13.1. The SMILES string of the molecule is O=C(O)c1cccc2c(=O)c3c(C(F)(F)F)cccc3[nH]c12. The van der Waals surface area contributed by atoms with Crippen molar-refractivity contribution in [2.75, 3.05) is 0 Å². The Morgan fingerprint density at radius 1 is 1.09 bits per heavy atom. The van der Waals surface area contributed by atoms with E-state index < -0.39 is 28.5 Å². The molecule has 0 aliphatic carbocycles. The lowest BCUT2D eigenvalue weighted by Crippen LogP contribution is -2.14. The van der Waals surface area contributed by atoms with E-state index in [1.54, 1.807) is 0 Å². The van der Waals surface area contributed by atoms with Crippen molar-refractivity contribution in [3.63, 3.8) is 0 Å². The zero-order chi connectivity index (χ0) is 16.1. The van der Waals surface area contributed by atoms with Gasteiger partial charge in [0.2, 0.25) is 0 Å². The highest BCUT2D eigenvalue weighted by Gasteiger charge is 2.33. The van der Waals surface area contributed by atoms with E-state index in [1.165, 1.54) is 24.3 Å². The van der Waals surface area contributed by atoms with Crippen LogP contribution in [0.3, 0.4) is 0 Å². The highest BCUT2D eigenvalue weighted by atomic mass is 19.4. The molecule has 0 aliphatic heterocycles. The summed E-state index contributed by atoms with van der Waals surface area (Å²) in [4.78, 5) is 26.2. The number of hydrogen-bond acceptors (Lipinski definition) is 2. The molecule has 0 fully saturated rings. The van der Waals surface area contributed by atoms with Crippen LogP contribution < -0.4 is 5.43 Å². The Morgan fingerprint density at radius 2 is 1.77 bits per heavy atom. The minimum absolute atomic E-state index is 0.00632. The van der Waals surface area contributed by atoms with Gasteiger partial charge in [0.15, 0.2) is 5.43 Å². The van der Waals surface area contributed by atoms with Crippen LogP contribution in [-0.2, 0) is 6.18 Å². The Balaban J connectivity index is 2.56. The maximum absolute atomic E-state index is 13.1. The van der Waals surface area contributed by atoms with Crippen molar-refractivity contribution in [2.45, 2.75) is 6.18 Å². The molecule has 0 saturated carbocycles. The molecule has 0 atom stereocenters. The van der Waals surface area contributed by atoms with Crippen LogP contribution in [0.15, 0.2) is 41.2 Å². The van der Waals surface area contributed by atoms with E-state index in [1.807, 2.05) is 0 Å². The second-order valence-corrected chi connectivity index (χ2v) is 4.71. The average Bonchev–Trinajstić information content (AvgIpc) is 2.45. The molecule has 0 spiro atoms. The van der Waals surface area contributed by atoms with Crippen LogP contribution >= 0.6 is 0 Å². The Kier molecular flexibility index (Phi) is 2.94. The minimum Gasteiger partial charge on any atom is -0.478 e. The lowest BCUT2D eigenvalue weighted by Gasteiger charge is -2.11. The molecule has 0 amide bonds. The third-order valence-corrected chi connectivity index (χ3v) is 3.40. The van der Waals surface area contributed by atoms with Crippen molar-refractivity contribution in [3.8, 4) is 0 Å². The fourth-order valence-electron chi connectivity index (χ4n) is 2.46. The normalized spacial score (nSPS) is 12.0. The number of carbonyl (C=O) groups is 1. The summed E-state index contributed by atoms with van der Waals surface area (Å²) < 4.78 is 39.2. The number of carboxylic acids is 1. The largest absolute Gasteiger partial charge is 0.478 e.